The van der Waals surface area contributed by atoms with Crippen molar-refractivity contribution in [3.8, 4) is 0 Å². The zero-order chi connectivity index (χ0) is 8.22. The van der Waals surface area contributed by atoms with Crippen LogP contribution in [-0.2, 0) is 4.79 Å². The SMILES string of the molecule is CC1=C(C)C2CC(C)(C2)C1=O. The van der Waals surface area contributed by atoms with Crippen LogP contribution in [0.25, 0.3) is 0 Å². The first kappa shape index (κ1) is 7.08. The summed E-state index contributed by atoms with van der Waals surface area (Å²) in [6.45, 7) is 6.18. The molecule has 1 fully saturated rings. The lowest BCUT2D eigenvalue weighted by Gasteiger charge is -2.49. The molecule has 0 heterocycles. The molecular formula is C10H14O. The third-order valence-corrected chi connectivity index (χ3v) is 3.49. The molecular weight excluding hydrogens is 136 g/mol. The number of rotatable bonds is 0. The second-order valence-electron chi connectivity index (χ2n) is 4.30. The Hall–Kier alpha value is -0.590. The van der Waals surface area contributed by atoms with E-state index in [4.69, 9.17) is 0 Å². The van der Waals surface area contributed by atoms with E-state index in [0.717, 1.165) is 24.3 Å². The monoisotopic (exact) mass is 150 g/mol. The summed E-state index contributed by atoms with van der Waals surface area (Å²) in [6, 6.07) is 0. The zero-order valence-electron chi connectivity index (χ0n) is 7.40. The smallest absolute Gasteiger partial charge is 0.164 e. The minimum atomic E-state index is 0.0360. The highest BCUT2D eigenvalue weighted by Crippen LogP contribution is 2.55. The summed E-state index contributed by atoms with van der Waals surface area (Å²) in [4.78, 5) is 11.6. The highest BCUT2D eigenvalue weighted by atomic mass is 16.1. The number of allylic oxidation sites excluding steroid dienone is 2. The highest BCUT2D eigenvalue weighted by molar-refractivity contribution is 6.02. The van der Waals surface area contributed by atoms with Crippen molar-refractivity contribution in [3.63, 3.8) is 0 Å². The Morgan fingerprint density at radius 1 is 1.36 bits per heavy atom. The van der Waals surface area contributed by atoms with E-state index in [1.807, 2.05) is 6.92 Å². The van der Waals surface area contributed by atoms with Gasteiger partial charge in [-0.1, -0.05) is 12.5 Å². The number of carbonyl (C=O) groups is 1. The van der Waals surface area contributed by atoms with Gasteiger partial charge in [0.05, 0.1) is 0 Å². The highest BCUT2D eigenvalue weighted by Gasteiger charge is 2.51. The van der Waals surface area contributed by atoms with Gasteiger partial charge in [-0.25, -0.2) is 0 Å². The van der Waals surface area contributed by atoms with Crippen LogP contribution in [0.4, 0.5) is 0 Å². The number of fused-ring (bicyclic) bond motifs is 1. The van der Waals surface area contributed by atoms with Crippen LogP contribution in [0.2, 0.25) is 0 Å². The van der Waals surface area contributed by atoms with Crippen molar-refractivity contribution in [2.24, 2.45) is 11.3 Å². The van der Waals surface area contributed by atoms with Gasteiger partial charge in [0.15, 0.2) is 5.78 Å². The summed E-state index contributed by atoms with van der Waals surface area (Å²) in [5.74, 6) is 1.13. The first-order chi connectivity index (χ1) is 5.04. The predicted molar refractivity (Wildman–Crippen MR) is 44.2 cm³/mol. The molecule has 60 valence electrons. The number of hydrogen-bond donors (Lipinski definition) is 0. The molecule has 0 atom stereocenters. The first-order valence-corrected chi connectivity index (χ1v) is 4.27. The fourth-order valence-electron chi connectivity index (χ4n) is 2.46. The summed E-state index contributed by atoms with van der Waals surface area (Å²) in [7, 11) is 0. The van der Waals surface area contributed by atoms with E-state index < -0.39 is 0 Å². The topological polar surface area (TPSA) is 17.1 Å². The van der Waals surface area contributed by atoms with E-state index in [2.05, 4.69) is 13.8 Å². The summed E-state index contributed by atoms with van der Waals surface area (Å²) >= 11 is 0. The van der Waals surface area contributed by atoms with Gasteiger partial charge < -0.3 is 0 Å². The van der Waals surface area contributed by atoms with Crippen molar-refractivity contribution < 1.29 is 4.79 Å². The molecule has 11 heavy (non-hydrogen) atoms. The fourth-order valence-corrected chi connectivity index (χ4v) is 2.46. The van der Waals surface area contributed by atoms with Crippen molar-refractivity contribution in [2.45, 2.75) is 33.6 Å². The molecule has 0 radical (unpaired) electrons. The van der Waals surface area contributed by atoms with Crippen LogP contribution in [0.3, 0.4) is 0 Å². The third-order valence-electron chi connectivity index (χ3n) is 3.49. The van der Waals surface area contributed by atoms with Gasteiger partial charge in [0.25, 0.3) is 0 Å². The molecule has 0 saturated heterocycles. The van der Waals surface area contributed by atoms with Crippen molar-refractivity contribution in [1.29, 1.82) is 0 Å². The Morgan fingerprint density at radius 2 is 1.91 bits per heavy atom. The molecule has 3 aliphatic rings. The van der Waals surface area contributed by atoms with Gasteiger partial charge in [-0.2, -0.15) is 0 Å². The largest absolute Gasteiger partial charge is 0.294 e. The third kappa shape index (κ3) is 0.688. The lowest BCUT2D eigenvalue weighted by atomic mass is 9.53. The van der Waals surface area contributed by atoms with Crippen molar-refractivity contribution in [2.75, 3.05) is 0 Å². The number of ketones is 1. The molecule has 2 bridgehead atoms. The van der Waals surface area contributed by atoms with E-state index in [1.54, 1.807) is 0 Å². The molecule has 0 aromatic carbocycles. The number of hydrogen-bond acceptors (Lipinski definition) is 1. The molecule has 3 rings (SSSR count). The molecule has 1 heteroatoms. The van der Waals surface area contributed by atoms with E-state index in [1.165, 1.54) is 5.57 Å². The molecule has 0 N–H and O–H groups in total. The normalized spacial score (nSPS) is 42.5. The second kappa shape index (κ2) is 1.77. The van der Waals surface area contributed by atoms with Crippen LogP contribution in [0.15, 0.2) is 11.1 Å². The van der Waals surface area contributed by atoms with Crippen molar-refractivity contribution >= 4 is 5.78 Å². The zero-order valence-corrected chi connectivity index (χ0v) is 7.40. The number of carbonyl (C=O) groups excluding carboxylic acids is 1. The molecule has 1 saturated carbocycles. The van der Waals surface area contributed by atoms with Crippen LogP contribution >= 0.6 is 0 Å². The lowest BCUT2D eigenvalue weighted by Crippen LogP contribution is -2.47. The predicted octanol–water partition coefficient (Wildman–Crippen LogP) is 2.32. The Kier molecular flexibility index (Phi) is 1.14. The Bertz CT molecular complexity index is 254. The average molecular weight is 150 g/mol. The van der Waals surface area contributed by atoms with Crippen molar-refractivity contribution in [3.05, 3.63) is 11.1 Å². The maximum atomic E-state index is 11.6. The molecule has 3 aliphatic carbocycles. The summed E-state index contributed by atoms with van der Waals surface area (Å²) in [5, 5.41) is 0. The Labute approximate surface area is 67.5 Å². The molecule has 0 aliphatic heterocycles. The quantitative estimate of drug-likeness (QED) is 0.518. The standard InChI is InChI=1S/C10H14O/c1-6-7(2)9(11)10(3)4-8(6)5-10/h8H,4-5H2,1-3H3. The first-order valence-electron chi connectivity index (χ1n) is 4.27. The van der Waals surface area contributed by atoms with Crippen LogP contribution in [0, 0.1) is 11.3 Å². The summed E-state index contributed by atoms with van der Waals surface area (Å²) < 4.78 is 0. The summed E-state index contributed by atoms with van der Waals surface area (Å²) in [6.07, 6.45) is 2.21. The minimum Gasteiger partial charge on any atom is -0.294 e. The maximum Gasteiger partial charge on any atom is 0.164 e. The minimum absolute atomic E-state index is 0.0360. The van der Waals surface area contributed by atoms with E-state index in [-0.39, 0.29) is 5.41 Å². The Balaban J connectivity index is 2.46. The van der Waals surface area contributed by atoms with E-state index >= 15 is 0 Å². The molecule has 0 aromatic rings. The van der Waals surface area contributed by atoms with Crippen LogP contribution < -0.4 is 0 Å². The van der Waals surface area contributed by atoms with Gasteiger partial charge in [-0.15, -0.1) is 0 Å². The van der Waals surface area contributed by atoms with Crippen LogP contribution in [-0.4, -0.2) is 5.78 Å². The number of Topliss-reactive ketones (excluding diaryl/α,β-unsaturated/α-hetero) is 1. The molecule has 0 amide bonds. The van der Waals surface area contributed by atoms with Crippen LogP contribution in [0.1, 0.15) is 33.6 Å². The second-order valence-corrected chi connectivity index (χ2v) is 4.30. The van der Waals surface area contributed by atoms with Gasteiger partial charge in [-0.05, 0) is 38.2 Å². The van der Waals surface area contributed by atoms with Gasteiger partial charge in [0.2, 0.25) is 0 Å². The summed E-state index contributed by atoms with van der Waals surface area (Å²) in [5.41, 5.74) is 2.42. The van der Waals surface area contributed by atoms with Crippen LogP contribution in [0.5, 0.6) is 0 Å². The van der Waals surface area contributed by atoms with Crippen molar-refractivity contribution in [1.82, 2.24) is 0 Å². The van der Waals surface area contributed by atoms with Gasteiger partial charge in [0, 0.05) is 5.41 Å². The van der Waals surface area contributed by atoms with E-state index in [9.17, 15) is 4.79 Å². The fraction of sp³-hybridized carbons (Fsp3) is 0.700. The molecule has 0 aromatic heterocycles. The van der Waals surface area contributed by atoms with Gasteiger partial charge >= 0.3 is 0 Å². The van der Waals surface area contributed by atoms with Gasteiger partial charge in [0.1, 0.15) is 0 Å². The lowest BCUT2D eigenvalue weighted by molar-refractivity contribution is -0.132. The Morgan fingerprint density at radius 3 is 2.36 bits per heavy atom. The van der Waals surface area contributed by atoms with E-state index in [0.29, 0.717) is 5.78 Å². The van der Waals surface area contributed by atoms with Gasteiger partial charge in [-0.3, -0.25) is 4.79 Å². The maximum absolute atomic E-state index is 11.6. The molecule has 0 unspecified atom stereocenters. The molecule has 0 spiro atoms. The average Bonchev–Trinajstić information content (AvgIpc) is 1.91. The molecule has 1 nitrogen and oxygen atoms in total.